The highest BCUT2D eigenvalue weighted by Gasteiger charge is 2.31. The van der Waals surface area contributed by atoms with Gasteiger partial charge >= 0.3 is 0 Å². The van der Waals surface area contributed by atoms with Gasteiger partial charge in [0.25, 0.3) is 0 Å². The molecule has 80 valence electrons. The fraction of sp³-hybridized carbons (Fsp3) is 0.900. The number of halogens is 1. The molecule has 0 aliphatic carbocycles. The zero-order valence-corrected chi connectivity index (χ0v) is 8.34. The first kappa shape index (κ1) is 9.90. The lowest BCUT2D eigenvalue weighted by atomic mass is 9.97. The van der Waals surface area contributed by atoms with Crippen molar-refractivity contribution in [2.75, 3.05) is 26.2 Å². The van der Waals surface area contributed by atoms with E-state index in [1.807, 2.05) is 0 Å². The van der Waals surface area contributed by atoms with E-state index in [2.05, 4.69) is 5.32 Å². The third-order valence-corrected chi connectivity index (χ3v) is 3.13. The Morgan fingerprint density at radius 3 is 2.57 bits per heavy atom. The SMILES string of the molecule is O=C(C1CCNCC1)N1CC[C@H](F)C1. The molecular weight excluding hydrogens is 183 g/mol. The summed E-state index contributed by atoms with van der Waals surface area (Å²) in [5, 5.41) is 3.22. The monoisotopic (exact) mass is 200 g/mol. The Morgan fingerprint density at radius 1 is 1.29 bits per heavy atom. The molecule has 2 rings (SSSR count). The molecule has 0 unspecified atom stereocenters. The lowest BCUT2D eigenvalue weighted by Gasteiger charge is -2.26. The molecule has 0 spiro atoms. The molecule has 1 amide bonds. The molecule has 2 heterocycles. The second-order valence-corrected chi connectivity index (χ2v) is 4.19. The minimum Gasteiger partial charge on any atom is -0.339 e. The summed E-state index contributed by atoms with van der Waals surface area (Å²) in [5.41, 5.74) is 0. The average molecular weight is 200 g/mol. The molecular formula is C10H17FN2O. The van der Waals surface area contributed by atoms with Crippen LogP contribution in [0.4, 0.5) is 4.39 Å². The minimum atomic E-state index is -0.791. The van der Waals surface area contributed by atoms with Crippen molar-refractivity contribution in [3.05, 3.63) is 0 Å². The molecule has 2 aliphatic rings. The van der Waals surface area contributed by atoms with Crippen LogP contribution in [-0.2, 0) is 4.79 Å². The Kier molecular flexibility index (Phi) is 3.01. The predicted octanol–water partition coefficient (Wildman–Crippen LogP) is 0.556. The van der Waals surface area contributed by atoms with Crippen LogP contribution in [0.3, 0.4) is 0 Å². The van der Waals surface area contributed by atoms with Crippen LogP contribution in [0.1, 0.15) is 19.3 Å². The van der Waals surface area contributed by atoms with Gasteiger partial charge in [-0.3, -0.25) is 4.79 Å². The summed E-state index contributed by atoms with van der Waals surface area (Å²) in [6.45, 7) is 2.78. The molecule has 3 nitrogen and oxygen atoms in total. The third-order valence-electron chi connectivity index (χ3n) is 3.13. The summed E-state index contributed by atoms with van der Waals surface area (Å²) in [5.74, 6) is 0.313. The van der Waals surface area contributed by atoms with Crippen molar-refractivity contribution in [3.63, 3.8) is 0 Å². The molecule has 2 saturated heterocycles. The molecule has 2 fully saturated rings. The van der Waals surface area contributed by atoms with Gasteiger partial charge in [-0.1, -0.05) is 0 Å². The molecule has 0 aromatic carbocycles. The summed E-state index contributed by atoms with van der Waals surface area (Å²) in [6.07, 6.45) is 1.55. The first-order valence-corrected chi connectivity index (χ1v) is 5.41. The quantitative estimate of drug-likeness (QED) is 0.670. The second-order valence-electron chi connectivity index (χ2n) is 4.19. The summed E-state index contributed by atoms with van der Waals surface area (Å²) >= 11 is 0. The lowest BCUT2D eigenvalue weighted by molar-refractivity contribution is -0.135. The van der Waals surface area contributed by atoms with Gasteiger partial charge in [0, 0.05) is 12.5 Å². The van der Waals surface area contributed by atoms with Crippen molar-refractivity contribution < 1.29 is 9.18 Å². The van der Waals surface area contributed by atoms with Crippen molar-refractivity contribution in [2.24, 2.45) is 5.92 Å². The van der Waals surface area contributed by atoms with Crippen molar-refractivity contribution in [3.8, 4) is 0 Å². The van der Waals surface area contributed by atoms with Crippen molar-refractivity contribution in [1.82, 2.24) is 10.2 Å². The van der Waals surface area contributed by atoms with E-state index < -0.39 is 6.17 Å². The highest BCUT2D eigenvalue weighted by atomic mass is 19.1. The van der Waals surface area contributed by atoms with Gasteiger partial charge in [0.2, 0.25) is 5.91 Å². The zero-order chi connectivity index (χ0) is 9.97. The number of nitrogens with zero attached hydrogens (tertiary/aromatic N) is 1. The van der Waals surface area contributed by atoms with Crippen LogP contribution < -0.4 is 5.32 Å². The minimum absolute atomic E-state index is 0.140. The topological polar surface area (TPSA) is 32.3 Å². The molecule has 2 aliphatic heterocycles. The van der Waals surface area contributed by atoms with Crippen LogP contribution in [0.15, 0.2) is 0 Å². The molecule has 1 N–H and O–H groups in total. The van der Waals surface area contributed by atoms with Gasteiger partial charge in [-0.15, -0.1) is 0 Å². The molecule has 0 aromatic rings. The van der Waals surface area contributed by atoms with E-state index in [1.54, 1.807) is 4.90 Å². The van der Waals surface area contributed by atoms with Crippen LogP contribution in [0.5, 0.6) is 0 Å². The van der Waals surface area contributed by atoms with Gasteiger partial charge in [-0.2, -0.15) is 0 Å². The van der Waals surface area contributed by atoms with E-state index in [9.17, 15) is 9.18 Å². The lowest BCUT2D eigenvalue weighted by Crippen LogP contribution is -2.40. The molecule has 14 heavy (non-hydrogen) atoms. The van der Waals surface area contributed by atoms with E-state index in [-0.39, 0.29) is 11.8 Å². The zero-order valence-electron chi connectivity index (χ0n) is 8.34. The van der Waals surface area contributed by atoms with E-state index in [0.717, 1.165) is 25.9 Å². The largest absolute Gasteiger partial charge is 0.339 e. The van der Waals surface area contributed by atoms with Gasteiger partial charge in [0.15, 0.2) is 0 Å². The predicted molar refractivity (Wildman–Crippen MR) is 51.7 cm³/mol. The summed E-state index contributed by atoms with van der Waals surface area (Å²) in [7, 11) is 0. The van der Waals surface area contributed by atoms with Gasteiger partial charge in [-0.05, 0) is 32.4 Å². The highest BCUT2D eigenvalue weighted by Crippen LogP contribution is 2.20. The molecule has 4 heteroatoms. The summed E-state index contributed by atoms with van der Waals surface area (Å²) in [6, 6.07) is 0. The van der Waals surface area contributed by atoms with E-state index >= 15 is 0 Å². The Balaban J connectivity index is 1.87. The number of hydrogen-bond acceptors (Lipinski definition) is 2. The highest BCUT2D eigenvalue weighted by molar-refractivity contribution is 5.79. The Labute approximate surface area is 83.6 Å². The summed E-state index contributed by atoms with van der Waals surface area (Å²) in [4.78, 5) is 13.6. The number of likely N-dealkylation sites (tertiary alicyclic amines) is 1. The Hall–Kier alpha value is -0.640. The van der Waals surface area contributed by atoms with E-state index in [1.165, 1.54) is 0 Å². The Morgan fingerprint density at radius 2 is 2.00 bits per heavy atom. The first-order chi connectivity index (χ1) is 6.77. The van der Waals surface area contributed by atoms with Crippen molar-refractivity contribution in [2.45, 2.75) is 25.4 Å². The number of rotatable bonds is 1. The van der Waals surface area contributed by atoms with Crippen LogP contribution in [0, 0.1) is 5.92 Å². The number of piperidine rings is 1. The molecule has 1 atom stereocenters. The van der Waals surface area contributed by atoms with Gasteiger partial charge < -0.3 is 10.2 Å². The number of carbonyl (C=O) groups is 1. The standard InChI is InChI=1S/C10H17FN2O/c11-9-3-6-13(7-9)10(14)8-1-4-12-5-2-8/h8-9,12H,1-7H2/t9-/m0/s1. The number of hydrogen-bond donors (Lipinski definition) is 1. The molecule has 0 radical (unpaired) electrons. The molecule has 0 aromatic heterocycles. The number of carbonyl (C=O) groups excluding carboxylic acids is 1. The van der Waals surface area contributed by atoms with Gasteiger partial charge in [0.1, 0.15) is 6.17 Å². The van der Waals surface area contributed by atoms with Crippen LogP contribution in [0.25, 0.3) is 0 Å². The van der Waals surface area contributed by atoms with Crippen LogP contribution >= 0.6 is 0 Å². The van der Waals surface area contributed by atoms with Crippen molar-refractivity contribution in [1.29, 1.82) is 0 Å². The van der Waals surface area contributed by atoms with Crippen LogP contribution in [0.2, 0.25) is 0 Å². The fourth-order valence-electron chi connectivity index (χ4n) is 2.24. The normalized spacial score (nSPS) is 29.5. The Bertz CT molecular complexity index is 209. The van der Waals surface area contributed by atoms with Crippen LogP contribution in [-0.4, -0.2) is 43.2 Å². The van der Waals surface area contributed by atoms with E-state index in [4.69, 9.17) is 0 Å². The van der Waals surface area contributed by atoms with Crippen molar-refractivity contribution >= 4 is 5.91 Å². The maximum atomic E-state index is 12.9. The third kappa shape index (κ3) is 2.05. The smallest absolute Gasteiger partial charge is 0.225 e. The number of amides is 1. The molecule has 0 bridgehead atoms. The first-order valence-electron chi connectivity index (χ1n) is 5.41. The second kappa shape index (κ2) is 4.26. The van der Waals surface area contributed by atoms with E-state index in [0.29, 0.717) is 19.5 Å². The number of alkyl halides is 1. The maximum Gasteiger partial charge on any atom is 0.225 e. The molecule has 0 saturated carbocycles. The summed E-state index contributed by atoms with van der Waals surface area (Å²) < 4.78 is 12.9. The number of nitrogens with one attached hydrogen (secondary N) is 1. The van der Waals surface area contributed by atoms with Gasteiger partial charge in [-0.25, -0.2) is 4.39 Å². The maximum absolute atomic E-state index is 12.9. The fourth-order valence-corrected chi connectivity index (χ4v) is 2.24. The van der Waals surface area contributed by atoms with Gasteiger partial charge in [0.05, 0.1) is 6.54 Å². The average Bonchev–Trinajstić information content (AvgIpc) is 2.65.